The second-order valence-electron chi connectivity index (χ2n) is 11.0. The molecule has 1 aliphatic carbocycles. The van der Waals surface area contributed by atoms with Crippen LogP contribution >= 0.6 is 0 Å². The molecular weight excluding hydrogens is 496 g/mol. The average molecular weight is 523 g/mol. The van der Waals surface area contributed by atoms with Gasteiger partial charge in [-0.3, -0.25) is 0 Å². The van der Waals surface area contributed by atoms with E-state index < -0.39 is 0 Å². The fourth-order valence-corrected chi connectivity index (χ4v) is 6.86. The number of nitrogens with zero attached hydrogens (tertiary/aromatic N) is 2. The van der Waals surface area contributed by atoms with Gasteiger partial charge in [-0.25, -0.2) is 0 Å². The molecule has 2 nitrogen and oxygen atoms in total. The van der Waals surface area contributed by atoms with Crippen molar-refractivity contribution in [3.8, 4) is 22.5 Å². The quantitative estimate of drug-likeness (QED) is 0.218. The average Bonchev–Trinajstić information content (AvgIpc) is 3.72. The zero-order chi connectivity index (χ0) is 26.9. The van der Waals surface area contributed by atoms with E-state index in [4.69, 9.17) is 0 Å². The minimum absolute atomic E-state index is 0.964. The van der Waals surface area contributed by atoms with Crippen LogP contribution in [0.25, 0.3) is 72.1 Å². The molecule has 0 unspecified atom stereocenters. The Hall–Kier alpha value is -5.34. The minimum atomic E-state index is 0.964. The van der Waals surface area contributed by atoms with Gasteiger partial charge in [0.1, 0.15) is 0 Å². The van der Waals surface area contributed by atoms with E-state index in [1.165, 1.54) is 77.2 Å². The molecule has 0 radical (unpaired) electrons. The van der Waals surface area contributed by atoms with Crippen LogP contribution in [-0.4, -0.2) is 9.13 Å². The zero-order valence-electron chi connectivity index (χ0n) is 22.5. The molecule has 0 N–H and O–H groups in total. The van der Waals surface area contributed by atoms with Gasteiger partial charge in [0.2, 0.25) is 0 Å². The summed E-state index contributed by atoms with van der Waals surface area (Å²) in [5, 5.41) is 6.39. The molecular formula is C39H26N2. The van der Waals surface area contributed by atoms with Crippen molar-refractivity contribution < 1.29 is 0 Å². The summed E-state index contributed by atoms with van der Waals surface area (Å²) in [6, 6.07) is 48.8. The Morgan fingerprint density at radius 1 is 0.439 bits per heavy atom. The number of hydrogen-bond donors (Lipinski definition) is 0. The molecule has 1 aliphatic rings. The van der Waals surface area contributed by atoms with E-state index in [0.717, 1.165) is 6.42 Å². The first-order chi connectivity index (χ1) is 20.3. The van der Waals surface area contributed by atoms with Crippen molar-refractivity contribution in [3.05, 3.63) is 151 Å². The van der Waals surface area contributed by atoms with Crippen molar-refractivity contribution in [1.29, 1.82) is 0 Å². The number of hydrogen-bond acceptors (Lipinski definition) is 0. The van der Waals surface area contributed by atoms with Crippen LogP contribution in [0.3, 0.4) is 0 Å². The van der Waals surface area contributed by atoms with Gasteiger partial charge in [0.15, 0.2) is 0 Å². The first-order valence-corrected chi connectivity index (χ1v) is 14.3. The van der Waals surface area contributed by atoms with E-state index in [1.54, 1.807) is 0 Å². The molecule has 192 valence electrons. The van der Waals surface area contributed by atoms with Gasteiger partial charge in [-0.05, 0) is 70.4 Å². The lowest BCUT2D eigenvalue weighted by atomic mass is 10.0. The molecule has 6 aromatic carbocycles. The number of para-hydroxylation sites is 2. The first kappa shape index (κ1) is 22.5. The predicted octanol–water partition coefficient (Wildman–Crippen LogP) is 10.1. The van der Waals surface area contributed by atoms with Gasteiger partial charge >= 0.3 is 0 Å². The second kappa shape index (κ2) is 8.58. The van der Waals surface area contributed by atoms with Crippen molar-refractivity contribution >= 4 is 49.6 Å². The summed E-state index contributed by atoms with van der Waals surface area (Å²) in [6.45, 7) is 0. The summed E-state index contributed by atoms with van der Waals surface area (Å²) in [6.07, 6.45) is 5.52. The molecule has 0 fully saturated rings. The standard InChI is InChI=1S/C39H26N2/c1-2-10-27-23-29(20-19-26(27)9-1)28-11-7-12-30(24-28)40-37-17-6-4-14-34(37)35-25-31(21-22-39(35)40)41-36-16-5-3-13-32(36)33-15-8-18-38(33)41/h1-17,19-25H,18H2. The highest BCUT2D eigenvalue weighted by Crippen LogP contribution is 2.38. The number of allylic oxidation sites excluding steroid dienone is 1. The lowest BCUT2D eigenvalue weighted by Gasteiger charge is -2.12. The number of rotatable bonds is 3. The van der Waals surface area contributed by atoms with Gasteiger partial charge in [0.05, 0.1) is 16.6 Å². The normalized spacial score (nSPS) is 12.7. The Labute approximate surface area is 238 Å². The summed E-state index contributed by atoms with van der Waals surface area (Å²) in [7, 11) is 0. The molecule has 41 heavy (non-hydrogen) atoms. The van der Waals surface area contributed by atoms with Gasteiger partial charge in [-0.1, -0.05) is 97.1 Å². The molecule has 0 aliphatic heterocycles. The van der Waals surface area contributed by atoms with Gasteiger partial charge in [0, 0.05) is 45.2 Å². The maximum atomic E-state index is 2.45. The third-order valence-electron chi connectivity index (χ3n) is 8.71. The molecule has 0 spiro atoms. The highest BCUT2D eigenvalue weighted by molar-refractivity contribution is 6.10. The summed E-state index contributed by atoms with van der Waals surface area (Å²) < 4.78 is 4.87. The fraction of sp³-hybridized carbons (Fsp3) is 0.0256. The van der Waals surface area contributed by atoms with Crippen LogP contribution in [0.5, 0.6) is 0 Å². The smallest absolute Gasteiger partial charge is 0.0542 e. The van der Waals surface area contributed by atoms with E-state index >= 15 is 0 Å². The molecule has 0 saturated heterocycles. The molecule has 9 rings (SSSR count). The third-order valence-corrected chi connectivity index (χ3v) is 8.71. The maximum Gasteiger partial charge on any atom is 0.0542 e. The lowest BCUT2D eigenvalue weighted by Crippen LogP contribution is -1.99. The topological polar surface area (TPSA) is 9.86 Å². The van der Waals surface area contributed by atoms with Crippen molar-refractivity contribution in [2.45, 2.75) is 6.42 Å². The zero-order valence-corrected chi connectivity index (χ0v) is 22.5. The molecule has 2 aromatic heterocycles. The number of aromatic nitrogens is 2. The van der Waals surface area contributed by atoms with Crippen molar-refractivity contribution in [2.24, 2.45) is 0 Å². The van der Waals surface area contributed by atoms with Crippen LogP contribution < -0.4 is 0 Å². The Bertz CT molecular complexity index is 2340. The van der Waals surface area contributed by atoms with Crippen LogP contribution in [-0.2, 0) is 6.42 Å². The van der Waals surface area contributed by atoms with Crippen LogP contribution in [0.15, 0.2) is 140 Å². The van der Waals surface area contributed by atoms with Crippen LogP contribution in [0.1, 0.15) is 11.3 Å². The minimum Gasteiger partial charge on any atom is -0.313 e. The maximum absolute atomic E-state index is 2.45. The Balaban J connectivity index is 1.25. The molecule has 2 heteroatoms. The number of fused-ring (bicyclic) bond motifs is 7. The molecule has 0 atom stereocenters. The summed E-state index contributed by atoms with van der Waals surface area (Å²) in [5.41, 5.74) is 11.3. The van der Waals surface area contributed by atoms with Gasteiger partial charge in [-0.15, -0.1) is 0 Å². The Morgan fingerprint density at radius 2 is 1.15 bits per heavy atom. The van der Waals surface area contributed by atoms with Crippen LogP contribution in [0.4, 0.5) is 0 Å². The van der Waals surface area contributed by atoms with Gasteiger partial charge in [0.25, 0.3) is 0 Å². The highest BCUT2D eigenvalue weighted by Gasteiger charge is 2.20. The molecule has 2 heterocycles. The lowest BCUT2D eigenvalue weighted by molar-refractivity contribution is 1.02. The van der Waals surface area contributed by atoms with Crippen LogP contribution in [0, 0.1) is 0 Å². The SMILES string of the molecule is C1=Cc2c(n(-c3ccc4c(c3)c3ccccc3n4-c3cccc(-c4ccc5ccccc5c4)c3)c3ccccc23)C1. The molecule has 0 bridgehead atoms. The van der Waals surface area contributed by atoms with Crippen LogP contribution in [0.2, 0.25) is 0 Å². The summed E-state index contributed by atoms with van der Waals surface area (Å²) in [5.74, 6) is 0. The monoisotopic (exact) mass is 522 g/mol. The van der Waals surface area contributed by atoms with E-state index in [9.17, 15) is 0 Å². The Kier molecular flexibility index (Phi) is 4.70. The highest BCUT2D eigenvalue weighted by atomic mass is 15.0. The van der Waals surface area contributed by atoms with E-state index in [2.05, 4.69) is 155 Å². The van der Waals surface area contributed by atoms with E-state index in [0.29, 0.717) is 0 Å². The van der Waals surface area contributed by atoms with Crippen molar-refractivity contribution in [2.75, 3.05) is 0 Å². The Morgan fingerprint density at radius 3 is 2.05 bits per heavy atom. The molecule has 0 amide bonds. The van der Waals surface area contributed by atoms with Crippen molar-refractivity contribution in [1.82, 2.24) is 9.13 Å². The van der Waals surface area contributed by atoms with Gasteiger partial charge in [-0.2, -0.15) is 0 Å². The first-order valence-electron chi connectivity index (χ1n) is 14.3. The number of benzene rings is 6. The largest absolute Gasteiger partial charge is 0.313 e. The summed E-state index contributed by atoms with van der Waals surface area (Å²) in [4.78, 5) is 0. The van der Waals surface area contributed by atoms with Crippen molar-refractivity contribution in [3.63, 3.8) is 0 Å². The van der Waals surface area contributed by atoms with Gasteiger partial charge < -0.3 is 9.13 Å². The molecule has 8 aromatic rings. The van der Waals surface area contributed by atoms with E-state index in [1.807, 2.05) is 0 Å². The fourth-order valence-electron chi connectivity index (χ4n) is 6.86. The third kappa shape index (κ3) is 3.31. The summed E-state index contributed by atoms with van der Waals surface area (Å²) >= 11 is 0. The predicted molar refractivity (Wildman–Crippen MR) is 173 cm³/mol. The van der Waals surface area contributed by atoms with E-state index in [-0.39, 0.29) is 0 Å². The second-order valence-corrected chi connectivity index (χ2v) is 11.0. The molecule has 0 saturated carbocycles.